The SMILES string of the molecule is CCOC(=O)C1N=COC1c1cscn1. The van der Waals surface area contributed by atoms with Gasteiger partial charge in [0.25, 0.3) is 0 Å². The van der Waals surface area contributed by atoms with Crippen LogP contribution in [-0.4, -0.2) is 30.0 Å². The van der Waals surface area contributed by atoms with Gasteiger partial charge in [0.05, 0.1) is 17.8 Å². The summed E-state index contributed by atoms with van der Waals surface area (Å²) in [5.74, 6) is -0.371. The smallest absolute Gasteiger partial charge is 0.335 e. The highest BCUT2D eigenvalue weighted by Crippen LogP contribution is 2.27. The van der Waals surface area contributed by atoms with E-state index in [9.17, 15) is 4.79 Å². The Balaban J connectivity index is 2.11. The fraction of sp³-hybridized carbons (Fsp3) is 0.444. The van der Waals surface area contributed by atoms with E-state index in [1.54, 1.807) is 12.4 Å². The Labute approximate surface area is 90.8 Å². The molecule has 2 unspecified atom stereocenters. The summed E-state index contributed by atoms with van der Waals surface area (Å²) < 4.78 is 10.1. The Bertz CT molecular complexity index is 363. The number of nitrogens with zero attached hydrogens (tertiary/aromatic N) is 2. The molecule has 0 radical (unpaired) electrons. The predicted molar refractivity (Wildman–Crippen MR) is 54.9 cm³/mol. The number of hydrogen-bond donors (Lipinski definition) is 0. The lowest BCUT2D eigenvalue weighted by atomic mass is 10.1. The largest absolute Gasteiger partial charge is 0.471 e. The van der Waals surface area contributed by atoms with Crippen molar-refractivity contribution in [3.63, 3.8) is 0 Å². The van der Waals surface area contributed by atoms with Gasteiger partial charge in [0.2, 0.25) is 0 Å². The number of ether oxygens (including phenoxy) is 2. The molecule has 0 aliphatic carbocycles. The maximum Gasteiger partial charge on any atom is 0.335 e. The van der Waals surface area contributed by atoms with E-state index >= 15 is 0 Å². The molecule has 1 aromatic rings. The normalized spacial score (nSPS) is 23.8. The van der Waals surface area contributed by atoms with Gasteiger partial charge in [-0.15, -0.1) is 11.3 Å². The van der Waals surface area contributed by atoms with Crippen molar-refractivity contribution in [1.29, 1.82) is 0 Å². The van der Waals surface area contributed by atoms with E-state index in [0.717, 1.165) is 5.69 Å². The predicted octanol–water partition coefficient (Wildman–Crippen LogP) is 1.17. The topological polar surface area (TPSA) is 60.8 Å². The Morgan fingerprint density at radius 1 is 1.73 bits per heavy atom. The number of hydrogen-bond acceptors (Lipinski definition) is 6. The van der Waals surface area contributed by atoms with Crippen molar-refractivity contribution in [3.05, 3.63) is 16.6 Å². The van der Waals surface area contributed by atoms with Gasteiger partial charge in [0.1, 0.15) is 0 Å². The molecule has 0 amide bonds. The molecule has 0 saturated carbocycles. The molecule has 0 N–H and O–H groups in total. The first-order valence-electron chi connectivity index (χ1n) is 4.54. The van der Waals surface area contributed by atoms with Crippen LogP contribution in [0.25, 0.3) is 0 Å². The Kier molecular flexibility index (Phi) is 2.96. The van der Waals surface area contributed by atoms with Crippen molar-refractivity contribution in [2.45, 2.75) is 19.1 Å². The van der Waals surface area contributed by atoms with E-state index < -0.39 is 12.1 Å². The monoisotopic (exact) mass is 226 g/mol. The van der Waals surface area contributed by atoms with Crippen LogP contribution in [0.1, 0.15) is 18.7 Å². The van der Waals surface area contributed by atoms with Crippen LogP contribution in [0.4, 0.5) is 0 Å². The molecule has 0 fully saturated rings. The van der Waals surface area contributed by atoms with E-state index in [4.69, 9.17) is 9.47 Å². The summed E-state index contributed by atoms with van der Waals surface area (Å²) in [6.45, 7) is 2.10. The average molecular weight is 226 g/mol. The second kappa shape index (κ2) is 4.39. The van der Waals surface area contributed by atoms with Crippen molar-refractivity contribution >= 4 is 23.7 Å². The van der Waals surface area contributed by atoms with Crippen molar-refractivity contribution in [2.24, 2.45) is 4.99 Å². The van der Waals surface area contributed by atoms with Gasteiger partial charge in [-0.3, -0.25) is 0 Å². The molecule has 0 aromatic carbocycles. The molecule has 15 heavy (non-hydrogen) atoms. The van der Waals surface area contributed by atoms with Crippen molar-refractivity contribution in [1.82, 2.24) is 4.98 Å². The van der Waals surface area contributed by atoms with E-state index in [0.29, 0.717) is 6.61 Å². The molecule has 2 atom stereocenters. The second-order valence-electron chi connectivity index (χ2n) is 2.92. The standard InChI is InChI=1S/C9H10N2O3S/c1-2-13-9(12)7-8(14-4-10-7)6-3-15-5-11-6/h3-5,7-8H,2H2,1H3. The summed E-state index contributed by atoms with van der Waals surface area (Å²) in [4.78, 5) is 19.5. The van der Waals surface area contributed by atoms with Gasteiger partial charge in [-0.1, -0.05) is 0 Å². The van der Waals surface area contributed by atoms with Gasteiger partial charge in [0, 0.05) is 5.38 Å². The first-order valence-corrected chi connectivity index (χ1v) is 5.49. The van der Waals surface area contributed by atoms with Crippen LogP contribution < -0.4 is 0 Å². The fourth-order valence-corrected chi connectivity index (χ4v) is 1.90. The molecule has 2 heterocycles. The van der Waals surface area contributed by atoms with E-state index in [-0.39, 0.29) is 5.97 Å². The van der Waals surface area contributed by atoms with Crippen molar-refractivity contribution in [2.75, 3.05) is 6.61 Å². The number of aromatic nitrogens is 1. The zero-order chi connectivity index (χ0) is 10.7. The molecule has 5 nitrogen and oxygen atoms in total. The minimum absolute atomic E-state index is 0.342. The van der Waals surface area contributed by atoms with Gasteiger partial charge < -0.3 is 9.47 Å². The van der Waals surface area contributed by atoms with E-state index in [1.165, 1.54) is 17.7 Å². The minimum atomic E-state index is -0.618. The highest BCUT2D eigenvalue weighted by atomic mass is 32.1. The average Bonchev–Trinajstić information content (AvgIpc) is 2.88. The highest BCUT2D eigenvalue weighted by molar-refractivity contribution is 7.07. The van der Waals surface area contributed by atoms with E-state index in [2.05, 4.69) is 9.98 Å². The van der Waals surface area contributed by atoms with Gasteiger partial charge in [-0.05, 0) is 6.92 Å². The van der Waals surface area contributed by atoms with Gasteiger partial charge in [-0.25, -0.2) is 14.8 Å². The van der Waals surface area contributed by atoms with E-state index in [1.807, 2.05) is 5.38 Å². The number of carbonyl (C=O) groups excluding carboxylic acids is 1. The third-order valence-corrected chi connectivity index (χ3v) is 2.59. The minimum Gasteiger partial charge on any atom is -0.471 e. The molecule has 6 heteroatoms. The molecule has 0 spiro atoms. The number of aliphatic imine (C=N–C) groups is 1. The molecular weight excluding hydrogens is 216 g/mol. The van der Waals surface area contributed by atoms with Crippen LogP contribution >= 0.6 is 11.3 Å². The summed E-state index contributed by atoms with van der Waals surface area (Å²) in [5.41, 5.74) is 2.41. The summed E-state index contributed by atoms with van der Waals surface area (Å²) in [5, 5.41) is 1.84. The molecular formula is C9H10N2O3S. The number of rotatable bonds is 3. The maximum absolute atomic E-state index is 11.5. The molecule has 1 aliphatic rings. The van der Waals surface area contributed by atoms with Gasteiger partial charge >= 0.3 is 5.97 Å². The van der Waals surface area contributed by atoms with Gasteiger partial charge in [-0.2, -0.15) is 0 Å². The quantitative estimate of drug-likeness (QED) is 0.726. The summed E-state index contributed by atoms with van der Waals surface area (Å²) >= 11 is 1.45. The van der Waals surface area contributed by atoms with Crippen LogP contribution in [-0.2, 0) is 14.3 Å². The zero-order valence-corrected chi connectivity index (χ0v) is 8.94. The Morgan fingerprint density at radius 2 is 2.60 bits per heavy atom. The van der Waals surface area contributed by atoms with Crippen molar-refractivity contribution < 1.29 is 14.3 Å². The van der Waals surface area contributed by atoms with Gasteiger partial charge in [0.15, 0.2) is 18.5 Å². The van der Waals surface area contributed by atoms with Crippen LogP contribution in [0.15, 0.2) is 15.9 Å². The number of esters is 1. The zero-order valence-electron chi connectivity index (χ0n) is 8.12. The lowest BCUT2D eigenvalue weighted by Crippen LogP contribution is -2.26. The van der Waals surface area contributed by atoms with Crippen LogP contribution in [0.5, 0.6) is 0 Å². The van der Waals surface area contributed by atoms with Crippen LogP contribution in [0.2, 0.25) is 0 Å². The Morgan fingerprint density at radius 3 is 3.27 bits per heavy atom. The second-order valence-corrected chi connectivity index (χ2v) is 3.64. The maximum atomic E-state index is 11.5. The fourth-order valence-electron chi connectivity index (χ4n) is 1.32. The summed E-state index contributed by atoms with van der Waals surface area (Å²) in [6, 6.07) is -0.618. The lowest BCUT2D eigenvalue weighted by molar-refractivity contribution is -0.146. The third kappa shape index (κ3) is 1.99. The third-order valence-electron chi connectivity index (χ3n) is 1.99. The summed E-state index contributed by atoms with van der Waals surface area (Å²) in [7, 11) is 0. The molecule has 2 rings (SSSR count). The highest BCUT2D eigenvalue weighted by Gasteiger charge is 2.36. The Hall–Kier alpha value is -1.43. The van der Waals surface area contributed by atoms with Crippen LogP contribution in [0, 0.1) is 0 Å². The molecule has 1 aromatic heterocycles. The number of carbonyl (C=O) groups is 1. The first-order chi connectivity index (χ1) is 7.33. The lowest BCUT2D eigenvalue weighted by Gasteiger charge is -2.13. The number of thiazole rings is 1. The molecule has 0 bridgehead atoms. The molecule has 80 valence electrons. The van der Waals surface area contributed by atoms with Crippen molar-refractivity contribution in [3.8, 4) is 0 Å². The molecule has 1 aliphatic heterocycles. The first kappa shape index (κ1) is 10.1. The summed E-state index contributed by atoms with van der Waals surface area (Å²) in [6.07, 6.45) is 0.848. The molecule has 0 saturated heterocycles. The van der Waals surface area contributed by atoms with Crippen LogP contribution in [0.3, 0.4) is 0 Å².